The minimum Gasteiger partial charge on any atom is -0.502 e. The van der Waals surface area contributed by atoms with Crippen molar-refractivity contribution in [3.05, 3.63) is 23.4 Å². The zero-order chi connectivity index (χ0) is 14.5. The van der Waals surface area contributed by atoms with Crippen LogP contribution >= 0.6 is 11.3 Å². The Morgan fingerprint density at radius 2 is 2.21 bits per heavy atom. The molecular formula is C13H20N2O3S. The van der Waals surface area contributed by atoms with Crippen molar-refractivity contribution < 1.29 is 14.3 Å². The number of nitrogens with one attached hydrogen (secondary N) is 1. The third-order valence-corrected chi connectivity index (χ3v) is 3.01. The van der Waals surface area contributed by atoms with Gasteiger partial charge in [0.25, 0.3) is 0 Å². The van der Waals surface area contributed by atoms with Gasteiger partial charge in [0.2, 0.25) is 0 Å². The van der Waals surface area contributed by atoms with Gasteiger partial charge in [0.1, 0.15) is 10.5 Å². The summed E-state index contributed by atoms with van der Waals surface area (Å²) in [4.78, 5) is 16.4. The lowest BCUT2D eigenvalue weighted by Crippen LogP contribution is -2.23. The van der Waals surface area contributed by atoms with Crippen LogP contribution in [0.15, 0.2) is 18.5 Å². The molecule has 1 N–H and O–H groups in total. The highest BCUT2D eigenvalue weighted by molar-refractivity contribution is 7.17. The third kappa shape index (κ3) is 5.74. The average Bonchev–Trinajstić information content (AvgIpc) is 2.75. The van der Waals surface area contributed by atoms with Crippen LogP contribution < -0.4 is 5.32 Å². The molecule has 5 nitrogen and oxygen atoms in total. The molecule has 0 aromatic carbocycles. The monoisotopic (exact) mass is 284 g/mol. The molecule has 0 aliphatic rings. The second-order valence-electron chi connectivity index (χ2n) is 4.95. The number of anilines is 1. The topological polar surface area (TPSA) is 60.5 Å². The molecule has 0 radical (unpaired) electrons. The van der Waals surface area contributed by atoms with Crippen LogP contribution in [0, 0.1) is 0 Å². The van der Waals surface area contributed by atoms with Gasteiger partial charge in [-0.15, -0.1) is 0 Å². The number of hydrogen-bond acceptors (Lipinski definition) is 6. The fraction of sp³-hybridized carbons (Fsp3) is 0.538. The van der Waals surface area contributed by atoms with Gasteiger partial charge in [-0.2, -0.15) is 0 Å². The molecule has 106 valence electrons. The van der Waals surface area contributed by atoms with Crippen molar-refractivity contribution in [2.24, 2.45) is 0 Å². The van der Waals surface area contributed by atoms with E-state index >= 15 is 0 Å². The maximum absolute atomic E-state index is 11.8. The standard InChI is InChI=1S/C13H20N2O3S/c1-9(17-5)6-7-14-12-15-8-10(19-12)11(16)18-13(2,3)4/h8H,1,6-7H2,2-5H3,(H,14,15). The second kappa shape index (κ2) is 6.56. The molecule has 0 saturated heterocycles. The molecule has 1 aromatic heterocycles. The summed E-state index contributed by atoms with van der Waals surface area (Å²) < 4.78 is 10.2. The Hall–Kier alpha value is -1.56. The molecule has 19 heavy (non-hydrogen) atoms. The number of ether oxygens (including phenoxy) is 2. The summed E-state index contributed by atoms with van der Waals surface area (Å²) in [5.41, 5.74) is -0.495. The van der Waals surface area contributed by atoms with E-state index in [4.69, 9.17) is 9.47 Å². The fourth-order valence-electron chi connectivity index (χ4n) is 1.19. The molecule has 0 aliphatic carbocycles. The van der Waals surface area contributed by atoms with Crippen molar-refractivity contribution in [3.63, 3.8) is 0 Å². The Kier molecular flexibility index (Phi) is 5.35. The maximum Gasteiger partial charge on any atom is 0.350 e. The SMILES string of the molecule is C=C(CCNc1ncc(C(=O)OC(C)(C)C)s1)OC. The lowest BCUT2D eigenvalue weighted by Gasteiger charge is -2.18. The summed E-state index contributed by atoms with van der Waals surface area (Å²) in [6.45, 7) is 9.89. The van der Waals surface area contributed by atoms with Gasteiger partial charge in [0.15, 0.2) is 5.13 Å². The van der Waals surface area contributed by atoms with E-state index in [0.717, 1.165) is 0 Å². The predicted octanol–water partition coefficient (Wildman–Crippen LogP) is 3.06. The van der Waals surface area contributed by atoms with Crippen molar-refractivity contribution >= 4 is 22.4 Å². The lowest BCUT2D eigenvalue weighted by atomic mass is 10.2. The molecule has 1 heterocycles. The molecule has 0 fully saturated rings. The number of carbonyl (C=O) groups is 1. The summed E-state index contributed by atoms with van der Waals surface area (Å²) in [5.74, 6) is 0.357. The average molecular weight is 284 g/mol. The normalized spacial score (nSPS) is 10.9. The maximum atomic E-state index is 11.8. The minimum absolute atomic E-state index is 0.348. The van der Waals surface area contributed by atoms with E-state index in [0.29, 0.717) is 28.7 Å². The number of aromatic nitrogens is 1. The summed E-state index contributed by atoms with van der Waals surface area (Å²) in [5, 5.41) is 3.79. The molecule has 0 aliphatic heterocycles. The predicted molar refractivity (Wildman–Crippen MR) is 76.5 cm³/mol. The number of methoxy groups -OCH3 is 1. The number of thiazole rings is 1. The first-order valence-electron chi connectivity index (χ1n) is 5.96. The van der Waals surface area contributed by atoms with Crippen molar-refractivity contribution in [1.29, 1.82) is 0 Å². The Morgan fingerprint density at radius 1 is 1.53 bits per heavy atom. The van der Waals surface area contributed by atoms with E-state index in [9.17, 15) is 4.79 Å². The second-order valence-corrected chi connectivity index (χ2v) is 5.98. The van der Waals surface area contributed by atoms with Gasteiger partial charge >= 0.3 is 5.97 Å². The van der Waals surface area contributed by atoms with E-state index in [1.54, 1.807) is 7.11 Å². The van der Waals surface area contributed by atoms with Gasteiger partial charge in [-0.25, -0.2) is 9.78 Å². The number of carbonyl (C=O) groups excluding carboxylic acids is 1. The molecule has 0 spiro atoms. The zero-order valence-electron chi connectivity index (χ0n) is 11.8. The number of nitrogens with zero attached hydrogens (tertiary/aromatic N) is 1. The number of hydrogen-bond donors (Lipinski definition) is 1. The Labute approximate surface area is 117 Å². The largest absolute Gasteiger partial charge is 0.502 e. The van der Waals surface area contributed by atoms with E-state index in [-0.39, 0.29) is 5.97 Å². The van der Waals surface area contributed by atoms with Crippen LogP contribution in [0.5, 0.6) is 0 Å². The van der Waals surface area contributed by atoms with E-state index in [1.807, 2.05) is 20.8 Å². The molecule has 1 rings (SSSR count). The zero-order valence-corrected chi connectivity index (χ0v) is 12.6. The van der Waals surface area contributed by atoms with Crippen molar-refractivity contribution in [3.8, 4) is 0 Å². The first-order valence-corrected chi connectivity index (χ1v) is 6.78. The summed E-state index contributed by atoms with van der Waals surface area (Å²) >= 11 is 1.27. The van der Waals surface area contributed by atoms with E-state index in [1.165, 1.54) is 17.5 Å². The number of esters is 1. The molecule has 1 aromatic rings. The molecule has 0 unspecified atom stereocenters. The molecule has 0 amide bonds. The van der Waals surface area contributed by atoms with Gasteiger partial charge in [-0.1, -0.05) is 17.9 Å². The highest BCUT2D eigenvalue weighted by Crippen LogP contribution is 2.21. The quantitative estimate of drug-likeness (QED) is 0.642. The van der Waals surface area contributed by atoms with Crippen LogP contribution in [-0.4, -0.2) is 30.2 Å². The van der Waals surface area contributed by atoms with Gasteiger partial charge in [-0.05, 0) is 20.8 Å². The summed E-state index contributed by atoms with van der Waals surface area (Å²) in [6.07, 6.45) is 2.21. The third-order valence-electron chi connectivity index (χ3n) is 2.07. The van der Waals surface area contributed by atoms with E-state index in [2.05, 4.69) is 16.9 Å². The molecule has 0 atom stereocenters. The van der Waals surface area contributed by atoms with E-state index < -0.39 is 5.60 Å². The smallest absolute Gasteiger partial charge is 0.350 e. The van der Waals surface area contributed by atoms with Crippen molar-refractivity contribution in [1.82, 2.24) is 4.98 Å². The van der Waals surface area contributed by atoms with Crippen molar-refractivity contribution in [2.45, 2.75) is 32.8 Å². The van der Waals surface area contributed by atoms with Crippen molar-refractivity contribution in [2.75, 3.05) is 19.0 Å². The summed E-state index contributed by atoms with van der Waals surface area (Å²) in [6, 6.07) is 0. The van der Waals surface area contributed by atoms with Crippen LogP contribution in [0.3, 0.4) is 0 Å². The highest BCUT2D eigenvalue weighted by Gasteiger charge is 2.19. The van der Waals surface area contributed by atoms with Gasteiger partial charge in [0.05, 0.1) is 19.1 Å². The Bertz CT molecular complexity index is 449. The Morgan fingerprint density at radius 3 is 2.79 bits per heavy atom. The lowest BCUT2D eigenvalue weighted by molar-refractivity contribution is 0.00750. The van der Waals surface area contributed by atoms with Gasteiger partial charge in [-0.3, -0.25) is 0 Å². The molecular weight excluding hydrogens is 264 g/mol. The molecule has 6 heteroatoms. The fourth-order valence-corrected chi connectivity index (χ4v) is 1.91. The van der Waals surface area contributed by atoms with Crippen LogP contribution in [0.2, 0.25) is 0 Å². The van der Waals surface area contributed by atoms with Crippen LogP contribution in [0.1, 0.15) is 36.9 Å². The van der Waals surface area contributed by atoms with Crippen LogP contribution in [0.4, 0.5) is 5.13 Å². The van der Waals surface area contributed by atoms with Gasteiger partial charge in [0, 0.05) is 13.0 Å². The Balaban J connectivity index is 2.48. The molecule has 0 bridgehead atoms. The van der Waals surface area contributed by atoms with Crippen LogP contribution in [-0.2, 0) is 9.47 Å². The van der Waals surface area contributed by atoms with Gasteiger partial charge < -0.3 is 14.8 Å². The molecule has 0 saturated carbocycles. The first kappa shape index (κ1) is 15.5. The minimum atomic E-state index is -0.495. The van der Waals surface area contributed by atoms with Crippen LogP contribution in [0.25, 0.3) is 0 Å². The summed E-state index contributed by atoms with van der Waals surface area (Å²) in [7, 11) is 1.59. The first-order chi connectivity index (χ1) is 8.81. The number of rotatable bonds is 6. The highest BCUT2D eigenvalue weighted by atomic mass is 32.1.